The molecule has 1 aliphatic rings. The van der Waals surface area contributed by atoms with Crippen LogP contribution in [0.15, 0.2) is 11.1 Å². The van der Waals surface area contributed by atoms with Crippen LogP contribution < -0.4 is 5.73 Å². The molecule has 1 unspecified atom stereocenters. The molecule has 0 aromatic rings. The summed E-state index contributed by atoms with van der Waals surface area (Å²) in [6.07, 6.45) is 3.66. The molecule has 0 aliphatic heterocycles. The van der Waals surface area contributed by atoms with Crippen LogP contribution >= 0.6 is 12.4 Å². The van der Waals surface area contributed by atoms with Crippen molar-refractivity contribution in [1.82, 2.24) is 0 Å². The highest BCUT2D eigenvalue weighted by Crippen LogP contribution is 2.43. The number of rotatable bonds is 2. The van der Waals surface area contributed by atoms with Crippen molar-refractivity contribution in [3.63, 3.8) is 0 Å². The van der Waals surface area contributed by atoms with Gasteiger partial charge in [0.15, 0.2) is 0 Å². The van der Waals surface area contributed by atoms with E-state index in [-0.39, 0.29) is 12.4 Å². The lowest BCUT2D eigenvalue weighted by atomic mass is 9.86. The van der Waals surface area contributed by atoms with Crippen LogP contribution in [0.1, 0.15) is 47.0 Å². The third kappa shape index (κ3) is 2.99. The molecular weight excluding hydrogens is 182 g/mol. The summed E-state index contributed by atoms with van der Waals surface area (Å²) in [6.45, 7) is 9.02. The Bertz CT molecular complexity index is 204. The van der Waals surface area contributed by atoms with Crippen LogP contribution in [0.3, 0.4) is 0 Å². The summed E-state index contributed by atoms with van der Waals surface area (Å²) >= 11 is 0. The Morgan fingerprint density at radius 1 is 1.46 bits per heavy atom. The Hall–Kier alpha value is -0.0100. The van der Waals surface area contributed by atoms with Crippen LogP contribution in [0.2, 0.25) is 0 Å². The lowest BCUT2D eigenvalue weighted by molar-refractivity contribution is 0.442. The summed E-state index contributed by atoms with van der Waals surface area (Å²) < 4.78 is 0. The minimum absolute atomic E-state index is 0. The summed E-state index contributed by atoms with van der Waals surface area (Å²) in [4.78, 5) is 0. The van der Waals surface area contributed by atoms with E-state index in [0.29, 0.717) is 11.5 Å². The third-order valence-corrected chi connectivity index (χ3v) is 3.17. The summed E-state index contributed by atoms with van der Waals surface area (Å²) in [6, 6.07) is 0.323. The summed E-state index contributed by atoms with van der Waals surface area (Å²) in [5.41, 5.74) is 9.41. The van der Waals surface area contributed by atoms with E-state index in [1.54, 1.807) is 11.1 Å². The molecular formula is C11H22ClN. The van der Waals surface area contributed by atoms with Crippen molar-refractivity contribution in [2.75, 3.05) is 0 Å². The zero-order valence-electron chi connectivity index (χ0n) is 9.18. The van der Waals surface area contributed by atoms with Crippen LogP contribution in [0.5, 0.6) is 0 Å². The first-order chi connectivity index (χ1) is 5.43. The molecule has 78 valence electrons. The standard InChI is InChI=1S/C11H21N.ClH/c1-8(12)7-10-5-6-11(3,4)9(10)2;/h8H,5-7,12H2,1-4H3;1H. The SMILES string of the molecule is CC1=C(CC(C)N)CCC1(C)C.Cl. The van der Waals surface area contributed by atoms with Gasteiger partial charge in [0.25, 0.3) is 0 Å². The maximum absolute atomic E-state index is 5.79. The molecule has 13 heavy (non-hydrogen) atoms. The van der Waals surface area contributed by atoms with Gasteiger partial charge in [-0.15, -0.1) is 12.4 Å². The smallest absolute Gasteiger partial charge is 0.00477 e. The van der Waals surface area contributed by atoms with Gasteiger partial charge in [-0.25, -0.2) is 0 Å². The van der Waals surface area contributed by atoms with Gasteiger partial charge in [-0.1, -0.05) is 25.0 Å². The fourth-order valence-electron chi connectivity index (χ4n) is 1.96. The van der Waals surface area contributed by atoms with E-state index in [2.05, 4.69) is 27.7 Å². The van der Waals surface area contributed by atoms with Gasteiger partial charge in [-0.3, -0.25) is 0 Å². The summed E-state index contributed by atoms with van der Waals surface area (Å²) in [5.74, 6) is 0. The number of hydrogen-bond donors (Lipinski definition) is 1. The van der Waals surface area contributed by atoms with E-state index < -0.39 is 0 Å². The Labute approximate surface area is 88.2 Å². The van der Waals surface area contributed by atoms with Crippen molar-refractivity contribution in [3.05, 3.63) is 11.1 Å². The second kappa shape index (κ2) is 4.47. The monoisotopic (exact) mass is 203 g/mol. The van der Waals surface area contributed by atoms with Gasteiger partial charge in [-0.05, 0) is 38.5 Å². The maximum Gasteiger partial charge on any atom is 0.00477 e. The molecule has 0 heterocycles. The van der Waals surface area contributed by atoms with Gasteiger partial charge in [0.05, 0.1) is 0 Å². The fraction of sp³-hybridized carbons (Fsp3) is 0.818. The van der Waals surface area contributed by atoms with Crippen LogP contribution in [0.25, 0.3) is 0 Å². The maximum atomic E-state index is 5.79. The van der Waals surface area contributed by atoms with Gasteiger partial charge in [-0.2, -0.15) is 0 Å². The molecule has 0 saturated carbocycles. The highest BCUT2D eigenvalue weighted by molar-refractivity contribution is 5.85. The molecule has 0 aromatic carbocycles. The highest BCUT2D eigenvalue weighted by Gasteiger charge is 2.28. The molecule has 0 amide bonds. The predicted octanol–water partition coefficient (Wildman–Crippen LogP) is 3.28. The first-order valence-corrected chi connectivity index (χ1v) is 4.88. The van der Waals surface area contributed by atoms with E-state index in [9.17, 15) is 0 Å². The molecule has 1 aliphatic carbocycles. The molecule has 1 nitrogen and oxygen atoms in total. The minimum atomic E-state index is 0. The topological polar surface area (TPSA) is 26.0 Å². The molecule has 1 atom stereocenters. The highest BCUT2D eigenvalue weighted by atomic mass is 35.5. The Morgan fingerprint density at radius 3 is 2.31 bits per heavy atom. The van der Waals surface area contributed by atoms with Gasteiger partial charge in [0.1, 0.15) is 0 Å². The lowest BCUT2D eigenvalue weighted by Crippen LogP contribution is -2.15. The van der Waals surface area contributed by atoms with Crippen molar-refractivity contribution in [2.45, 2.75) is 53.0 Å². The largest absolute Gasteiger partial charge is 0.328 e. The molecule has 0 aromatic heterocycles. The van der Waals surface area contributed by atoms with Crippen LogP contribution in [-0.4, -0.2) is 6.04 Å². The molecule has 0 fully saturated rings. The molecule has 2 N–H and O–H groups in total. The number of nitrogens with two attached hydrogens (primary N) is 1. The Balaban J connectivity index is 0.00000144. The quantitative estimate of drug-likeness (QED) is 0.685. The van der Waals surface area contributed by atoms with E-state index in [4.69, 9.17) is 5.73 Å². The lowest BCUT2D eigenvalue weighted by Gasteiger charge is -2.19. The van der Waals surface area contributed by atoms with Crippen molar-refractivity contribution in [3.8, 4) is 0 Å². The summed E-state index contributed by atoms with van der Waals surface area (Å²) in [5, 5.41) is 0. The zero-order valence-corrected chi connectivity index (χ0v) is 10.0. The van der Waals surface area contributed by atoms with E-state index >= 15 is 0 Å². The Morgan fingerprint density at radius 2 is 2.00 bits per heavy atom. The minimum Gasteiger partial charge on any atom is -0.328 e. The average Bonchev–Trinajstić information content (AvgIpc) is 2.15. The molecule has 2 heteroatoms. The zero-order chi connectivity index (χ0) is 9.35. The first-order valence-electron chi connectivity index (χ1n) is 4.88. The van der Waals surface area contributed by atoms with Crippen molar-refractivity contribution in [2.24, 2.45) is 11.1 Å². The fourth-order valence-corrected chi connectivity index (χ4v) is 1.96. The van der Waals surface area contributed by atoms with Gasteiger partial charge >= 0.3 is 0 Å². The van der Waals surface area contributed by atoms with Gasteiger partial charge < -0.3 is 5.73 Å². The van der Waals surface area contributed by atoms with Gasteiger partial charge in [0, 0.05) is 6.04 Å². The summed E-state index contributed by atoms with van der Waals surface area (Å²) in [7, 11) is 0. The second-order valence-electron chi connectivity index (χ2n) is 4.79. The van der Waals surface area contributed by atoms with Crippen molar-refractivity contribution < 1.29 is 0 Å². The van der Waals surface area contributed by atoms with Crippen LogP contribution in [0.4, 0.5) is 0 Å². The van der Waals surface area contributed by atoms with Crippen molar-refractivity contribution >= 4 is 12.4 Å². The van der Waals surface area contributed by atoms with Crippen LogP contribution in [0, 0.1) is 5.41 Å². The van der Waals surface area contributed by atoms with E-state index in [1.807, 2.05) is 0 Å². The van der Waals surface area contributed by atoms with Crippen molar-refractivity contribution in [1.29, 1.82) is 0 Å². The molecule has 0 saturated heterocycles. The van der Waals surface area contributed by atoms with Crippen LogP contribution in [-0.2, 0) is 0 Å². The predicted molar refractivity (Wildman–Crippen MR) is 61.2 cm³/mol. The number of halogens is 1. The second-order valence-corrected chi connectivity index (χ2v) is 4.79. The molecule has 0 spiro atoms. The van der Waals surface area contributed by atoms with Gasteiger partial charge in [0.2, 0.25) is 0 Å². The molecule has 0 bridgehead atoms. The average molecular weight is 204 g/mol. The normalized spacial score (nSPS) is 22.8. The Kier molecular flexibility index (Phi) is 4.47. The number of allylic oxidation sites excluding steroid dienone is 1. The van der Waals surface area contributed by atoms with E-state index in [1.165, 1.54) is 12.8 Å². The molecule has 1 rings (SSSR count). The first kappa shape index (κ1) is 13.0. The molecule has 0 radical (unpaired) electrons. The third-order valence-electron chi connectivity index (χ3n) is 3.17. The number of hydrogen-bond acceptors (Lipinski definition) is 1. The van der Waals surface area contributed by atoms with E-state index in [0.717, 1.165) is 6.42 Å².